The van der Waals surface area contributed by atoms with E-state index < -0.39 is 11.9 Å². The third-order valence-corrected chi connectivity index (χ3v) is 3.22. The molecule has 0 saturated heterocycles. The van der Waals surface area contributed by atoms with Gasteiger partial charge in [-0.3, -0.25) is 14.4 Å². The smallest absolute Gasteiger partial charge is 0.234 e. The van der Waals surface area contributed by atoms with Gasteiger partial charge in [-0.25, -0.2) is 0 Å². The highest BCUT2D eigenvalue weighted by Gasteiger charge is 2.15. The van der Waals surface area contributed by atoms with Crippen LogP contribution >= 0.6 is 12.6 Å². The topological polar surface area (TPSA) is 113 Å². The molecule has 0 saturated carbocycles. The van der Waals surface area contributed by atoms with E-state index in [0.29, 0.717) is 25.1 Å². The van der Waals surface area contributed by atoms with Crippen molar-refractivity contribution < 1.29 is 14.4 Å². The Morgan fingerprint density at radius 2 is 1.76 bits per heavy atom. The number of primary amides is 1. The summed E-state index contributed by atoms with van der Waals surface area (Å²) < 4.78 is 0. The predicted octanol–water partition coefficient (Wildman–Crippen LogP) is -0.829. The lowest BCUT2D eigenvalue weighted by molar-refractivity contribution is -0.126. The van der Waals surface area contributed by atoms with Gasteiger partial charge in [0.05, 0.1) is 6.04 Å². The molecule has 0 aromatic rings. The molecule has 5 N–H and O–H groups in total. The second-order valence-corrected chi connectivity index (χ2v) is 5.31. The third-order valence-electron chi connectivity index (χ3n) is 3.00. The van der Waals surface area contributed by atoms with Gasteiger partial charge in [0.25, 0.3) is 0 Å². The normalized spacial score (nSPS) is 13.3. The molecular formula is C13H26N4O3S. The highest BCUT2D eigenvalue weighted by atomic mass is 32.1. The number of carbonyl (C=O) groups excluding carboxylic acids is 3. The Morgan fingerprint density at radius 1 is 1.14 bits per heavy atom. The molecule has 3 amide bonds. The van der Waals surface area contributed by atoms with E-state index in [9.17, 15) is 14.4 Å². The van der Waals surface area contributed by atoms with E-state index in [1.807, 2.05) is 6.92 Å². The maximum Gasteiger partial charge on any atom is 0.234 e. The summed E-state index contributed by atoms with van der Waals surface area (Å²) in [4.78, 5) is 34.1. The molecule has 0 radical (unpaired) electrons. The summed E-state index contributed by atoms with van der Waals surface area (Å²) in [5.41, 5.74) is 5.22. The lowest BCUT2D eigenvalue weighted by Gasteiger charge is -2.17. The minimum Gasteiger partial charge on any atom is -0.368 e. The molecule has 2 atom stereocenters. The van der Waals surface area contributed by atoms with Gasteiger partial charge in [-0.2, -0.15) is 12.6 Å². The van der Waals surface area contributed by atoms with E-state index in [1.54, 1.807) is 7.05 Å². The third kappa shape index (κ3) is 10.1. The molecule has 0 rings (SSSR count). The quantitative estimate of drug-likeness (QED) is 0.320. The summed E-state index contributed by atoms with van der Waals surface area (Å²) in [7, 11) is 1.67. The minimum atomic E-state index is -0.406. The van der Waals surface area contributed by atoms with Gasteiger partial charge in [-0.1, -0.05) is 0 Å². The van der Waals surface area contributed by atoms with E-state index in [1.165, 1.54) is 0 Å². The Morgan fingerprint density at radius 3 is 2.29 bits per heavy atom. The van der Waals surface area contributed by atoms with Gasteiger partial charge in [0.15, 0.2) is 0 Å². The van der Waals surface area contributed by atoms with Crippen molar-refractivity contribution in [3.8, 4) is 0 Å². The number of nitrogens with one attached hydrogen (secondary N) is 3. The first-order chi connectivity index (χ1) is 9.90. The van der Waals surface area contributed by atoms with Crippen LogP contribution in [0.4, 0.5) is 0 Å². The van der Waals surface area contributed by atoms with Crippen LogP contribution in [0.5, 0.6) is 0 Å². The number of likely N-dealkylation sites (N-methyl/N-ethyl adjacent to an activating group) is 1. The minimum absolute atomic E-state index is 0.0757. The Kier molecular flexibility index (Phi) is 10.7. The highest BCUT2D eigenvalue weighted by Crippen LogP contribution is 2.02. The average molecular weight is 318 g/mol. The number of rotatable bonds is 11. The molecule has 0 bridgehead atoms. The molecule has 122 valence electrons. The van der Waals surface area contributed by atoms with E-state index in [4.69, 9.17) is 5.73 Å². The van der Waals surface area contributed by atoms with Crippen molar-refractivity contribution >= 4 is 30.4 Å². The van der Waals surface area contributed by atoms with Crippen LogP contribution in [-0.2, 0) is 14.4 Å². The van der Waals surface area contributed by atoms with E-state index in [2.05, 4.69) is 28.6 Å². The van der Waals surface area contributed by atoms with Crippen LogP contribution < -0.4 is 21.7 Å². The van der Waals surface area contributed by atoms with Crippen LogP contribution in [0, 0.1) is 0 Å². The fourth-order valence-corrected chi connectivity index (χ4v) is 1.89. The van der Waals surface area contributed by atoms with Gasteiger partial charge in [-0.05, 0) is 26.8 Å². The van der Waals surface area contributed by atoms with Gasteiger partial charge < -0.3 is 21.7 Å². The van der Waals surface area contributed by atoms with Crippen LogP contribution in [0.2, 0.25) is 0 Å². The summed E-state index contributed by atoms with van der Waals surface area (Å²) in [6.45, 7) is 2.35. The predicted molar refractivity (Wildman–Crippen MR) is 85.0 cm³/mol. The monoisotopic (exact) mass is 318 g/mol. The van der Waals surface area contributed by atoms with Gasteiger partial charge in [0.1, 0.15) is 0 Å². The maximum atomic E-state index is 11.7. The van der Waals surface area contributed by atoms with Crippen molar-refractivity contribution in [1.29, 1.82) is 0 Å². The van der Waals surface area contributed by atoms with Crippen molar-refractivity contribution in [2.75, 3.05) is 19.3 Å². The summed E-state index contributed by atoms with van der Waals surface area (Å²) >= 11 is 3.98. The van der Waals surface area contributed by atoms with Crippen LogP contribution in [0.25, 0.3) is 0 Å². The number of hydrogen-bond acceptors (Lipinski definition) is 5. The average Bonchev–Trinajstić information content (AvgIpc) is 2.43. The molecule has 0 aromatic heterocycles. The Hall–Kier alpha value is -1.28. The van der Waals surface area contributed by atoms with Crippen LogP contribution in [-0.4, -0.2) is 49.2 Å². The second kappa shape index (κ2) is 11.4. The Labute approximate surface area is 131 Å². The van der Waals surface area contributed by atoms with Gasteiger partial charge in [0.2, 0.25) is 17.7 Å². The molecule has 0 aliphatic carbocycles. The van der Waals surface area contributed by atoms with E-state index in [0.717, 1.165) is 0 Å². The fraction of sp³-hybridized carbons (Fsp3) is 0.769. The number of nitrogens with two attached hydrogens (primary N) is 1. The van der Waals surface area contributed by atoms with Crippen molar-refractivity contribution in [3.63, 3.8) is 0 Å². The van der Waals surface area contributed by atoms with Gasteiger partial charge in [0, 0.05) is 31.2 Å². The molecule has 0 aliphatic heterocycles. The second-order valence-electron chi connectivity index (χ2n) is 4.86. The van der Waals surface area contributed by atoms with Crippen LogP contribution in [0.1, 0.15) is 32.6 Å². The maximum absolute atomic E-state index is 11.7. The first kappa shape index (κ1) is 19.7. The van der Waals surface area contributed by atoms with Gasteiger partial charge >= 0.3 is 0 Å². The summed E-state index contributed by atoms with van der Waals surface area (Å²) in [6, 6.07) is -0.468. The zero-order chi connectivity index (χ0) is 16.3. The molecule has 8 heteroatoms. The molecule has 0 aromatic carbocycles. The standard InChI is InChI=1S/C13H26N4O3S/c1-9(3-4-10(15-2)13(14)20)17-12(19)6-5-11(18)16-7-8-21/h9-10,15,21H,3-8H2,1-2H3,(H2,14,20)(H,16,18)(H,17,19). The Bertz CT molecular complexity index is 352. The molecule has 7 nitrogen and oxygen atoms in total. The number of carbonyl (C=O) groups is 3. The zero-order valence-corrected chi connectivity index (χ0v) is 13.5. The van der Waals surface area contributed by atoms with Crippen molar-refractivity contribution in [2.45, 2.75) is 44.7 Å². The Balaban J connectivity index is 3.88. The van der Waals surface area contributed by atoms with Crippen molar-refractivity contribution in [3.05, 3.63) is 0 Å². The van der Waals surface area contributed by atoms with Crippen LogP contribution in [0.15, 0.2) is 0 Å². The summed E-state index contributed by atoms with van der Waals surface area (Å²) in [6.07, 6.45) is 1.49. The molecule has 0 heterocycles. The first-order valence-corrected chi connectivity index (χ1v) is 7.67. The number of hydrogen-bond donors (Lipinski definition) is 5. The molecule has 2 unspecified atom stereocenters. The lowest BCUT2D eigenvalue weighted by atomic mass is 10.1. The first-order valence-electron chi connectivity index (χ1n) is 7.04. The highest BCUT2D eigenvalue weighted by molar-refractivity contribution is 7.80. The molecule has 21 heavy (non-hydrogen) atoms. The SMILES string of the molecule is CNC(CCC(C)NC(=O)CCC(=O)NCCS)C(N)=O. The van der Waals surface area contributed by atoms with Crippen molar-refractivity contribution in [1.82, 2.24) is 16.0 Å². The van der Waals surface area contributed by atoms with Crippen LogP contribution in [0.3, 0.4) is 0 Å². The largest absolute Gasteiger partial charge is 0.368 e. The lowest BCUT2D eigenvalue weighted by Crippen LogP contribution is -2.41. The fourth-order valence-electron chi connectivity index (χ4n) is 1.78. The summed E-state index contributed by atoms with van der Waals surface area (Å²) in [5.74, 6) is -0.169. The van der Waals surface area contributed by atoms with Crippen molar-refractivity contribution in [2.24, 2.45) is 5.73 Å². The van der Waals surface area contributed by atoms with E-state index >= 15 is 0 Å². The molecular weight excluding hydrogens is 292 g/mol. The van der Waals surface area contributed by atoms with E-state index in [-0.39, 0.29) is 30.7 Å². The molecule has 0 aliphatic rings. The zero-order valence-electron chi connectivity index (χ0n) is 12.6. The molecule has 0 fully saturated rings. The summed E-state index contributed by atoms with van der Waals surface area (Å²) in [5, 5.41) is 8.27. The van der Waals surface area contributed by atoms with Gasteiger partial charge in [-0.15, -0.1) is 0 Å². The molecule has 0 spiro atoms. The number of thiol groups is 1. The number of amides is 3.